The van der Waals surface area contributed by atoms with Crippen LogP contribution in [0.25, 0.3) is 10.9 Å². The van der Waals surface area contributed by atoms with Crippen LogP contribution in [0.15, 0.2) is 41.3 Å². The molecule has 2 aromatic heterocycles. The van der Waals surface area contributed by atoms with E-state index in [2.05, 4.69) is 15.5 Å². The number of benzene rings is 1. The number of aryl methyl sites for hydroxylation is 1. The Morgan fingerprint density at radius 2 is 1.78 bits per heavy atom. The quantitative estimate of drug-likeness (QED) is 0.506. The van der Waals surface area contributed by atoms with Gasteiger partial charge in [0.15, 0.2) is 15.7 Å². The van der Waals surface area contributed by atoms with Crippen molar-refractivity contribution in [2.24, 2.45) is 12.5 Å². The summed E-state index contributed by atoms with van der Waals surface area (Å²) in [7, 11) is 0.291. The highest BCUT2D eigenvalue weighted by Gasteiger charge is 2.53. The Bertz CT molecular complexity index is 1500. The van der Waals surface area contributed by atoms with Crippen LogP contribution in [-0.2, 0) is 27.2 Å². The van der Waals surface area contributed by atoms with Crippen molar-refractivity contribution in [3.8, 4) is 0 Å². The van der Waals surface area contributed by atoms with Crippen LogP contribution in [0.4, 0.5) is 14.6 Å². The molecule has 198 valence electrons. The third-order valence-electron chi connectivity index (χ3n) is 8.12. The molecule has 1 saturated heterocycles. The Hall–Kier alpha value is -2.92. The van der Waals surface area contributed by atoms with Crippen molar-refractivity contribution in [3.05, 3.63) is 63.6 Å². The fourth-order valence-corrected chi connectivity index (χ4v) is 8.28. The number of hydrogen-bond donors (Lipinski definition) is 1. The summed E-state index contributed by atoms with van der Waals surface area (Å²) in [5.41, 5.74) is 0.408. The largest absolute Gasteiger partial charge is 0.373 e. The highest BCUT2D eigenvalue weighted by atomic mass is 32.2. The predicted molar refractivity (Wildman–Crippen MR) is 136 cm³/mol. The smallest absolute Gasteiger partial charge is 0.263 e. The molecular weight excluding hydrogens is 502 g/mol. The van der Waals surface area contributed by atoms with Crippen molar-refractivity contribution in [1.82, 2.24) is 14.8 Å². The van der Waals surface area contributed by atoms with Gasteiger partial charge in [-0.1, -0.05) is 18.2 Å². The first kappa shape index (κ1) is 25.7. The number of nitrogens with zero attached hydrogens (tertiary/aromatic N) is 3. The lowest BCUT2D eigenvalue weighted by molar-refractivity contribution is -0.0687. The highest BCUT2D eigenvalue weighted by molar-refractivity contribution is 7.92. The van der Waals surface area contributed by atoms with Gasteiger partial charge in [-0.25, -0.2) is 17.2 Å². The normalized spacial score (nSPS) is 20.6. The average Bonchev–Trinajstić information content (AvgIpc) is 2.86. The van der Waals surface area contributed by atoms with Crippen LogP contribution >= 0.6 is 0 Å². The average molecular weight is 533 g/mol. The van der Waals surface area contributed by atoms with E-state index in [4.69, 9.17) is 4.74 Å². The number of nitrogens with one attached hydrogen (secondary N) is 1. The van der Waals surface area contributed by atoms with Crippen LogP contribution in [0, 0.1) is 5.41 Å². The Labute approximate surface area is 214 Å². The van der Waals surface area contributed by atoms with Crippen molar-refractivity contribution in [2.75, 3.05) is 23.9 Å². The summed E-state index contributed by atoms with van der Waals surface area (Å²) >= 11 is 0. The number of anilines is 1. The maximum absolute atomic E-state index is 13.5. The fraction of sp³-hybridized carbons (Fsp3) is 0.500. The third kappa shape index (κ3) is 4.52. The molecule has 37 heavy (non-hydrogen) atoms. The predicted octanol–water partition coefficient (Wildman–Crippen LogP) is 4.27. The van der Waals surface area contributed by atoms with E-state index in [1.54, 1.807) is 32.4 Å². The van der Waals surface area contributed by atoms with Gasteiger partial charge < -0.3 is 14.6 Å². The van der Waals surface area contributed by atoms with E-state index in [0.29, 0.717) is 53.5 Å². The lowest BCUT2D eigenvalue weighted by atomic mass is 9.68. The van der Waals surface area contributed by atoms with Crippen molar-refractivity contribution >= 4 is 26.6 Å². The van der Waals surface area contributed by atoms with Crippen molar-refractivity contribution in [1.29, 1.82) is 0 Å². The molecule has 1 spiro atoms. The monoisotopic (exact) mass is 532 g/mol. The van der Waals surface area contributed by atoms with E-state index in [1.165, 1.54) is 22.9 Å². The van der Waals surface area contributed by atoms with Gasteiger partial charge in [-0.3, -0.25) is 4.79 Å². The number of sulfone groups is 1. The second-order valence-electron chi connectivity index (χ2n) is 10.5. The third-order valence-corrected chi connectivity index (χ3v) is 10.2. The molecule has 2 aliphatic rings. The van der Waals surface area contributed by atoms with Crippen molar-refractivity contribution < 1.29 is 21.9 Å². The van der Waals surface area contributed by atoms with Crippen LogP contribution in [-0.4, -0.2) is 41.8 Å². The van der Waals surface area contributed by atoms with Crippen molar-refractivity contribution in [2.45, 2.75) is 50.7 Å². The van der Waals surface area contributed by atoms with E-state index in [9.17, 15) is 22.0 Å². The van der Waals surface area contributed by atoms with Gasteiger partial charge in [-0.15, -0.1) is 5.10 Å². The summed E-state index contributed by atoms with van der Waals surface area (Å²) < 4.78 is 57.6. The Kier molecular flexibility index (Phi) is 6.34. The highest BCUT2D eigenvalue weighted by Crippen LogP contribution is 2.52. The second-order valence-corrected chi connectivity index (χ2v) is 12.5. The molecule has 1 N–H and O–H groups in total. The zero-order valence-corrected chi connectivity index (χ0v) is 21.8. The summed E-state index contributed by atoms with van der Waals surface area (Å²) in [4.78, 5) is 13.5. The molecular formula is C26H30F2N4O4S. The van der Waals surface area contributed by atoms with Gasteiger partial charge in [0, 0.05) is 30.7 Å². The lowest BCUT2D eigenvalue weighted by Crippen LogP contribution is -2.53. The van der Waals surface area contributed by atoms with E-state index in [-0.39, 0.29) is 34.1 Å². The Morgan fingerprint density at radius 3 is 2.41 bits per heavy atom. The summed E-state index contributed by atoms with van der Waals surface area (Å²) in [5, 5.41) is 12.3. The molecule has 1 aliphatic heterocycles. The molecule has 1 atom stereocenters. The molecule has 0 unspecified atom stereocenters. The number of alkyl halides is 2. The Balaban J connectivity index is 1.51. The van der Waals surface area contributed by atoms with E-state index in [0.717, 1.165) is 0 Å². The molecule has 1 saturated carbocycles. The summed E-state index contributed by atoms with van der Waals surface area (Å²) in [6.07, 6.45) is 1.36. The molecule has 3 heterocycles. The summed E-state index contributed by atoms with van der Waals surface area (Å²) in [5.74, 6) is 0.820. The van der Waals surface area contributed by atoms with Crippen LogP contribution in [0.2, 0.25) is 0 Å². The van der Waals surface area contributed by atoms with Gasteiger partial charge in [-0.05, 0) is 55.7 Å². The van der Waals surface area contributed by atoms with Crippen LogP contribution < -0.4 is 10.9 Å². The number of aromatic nitrogens is 3. The van der Waals surface area contributed by atoms with E-state index < -0.39 is 21.9 Å². The minimum atomic E-state index is -2.96. The maximum Gasteiger partial charge on any atom is 0.263 e. The first-order valence-corrected chi connectivity index (χ1v) is 14.1. The standard InChI is InChI=1S/C26H30F2N4O4S/c1-16(17-5-4-6-18(11-17)22(27)28)30-23-19-12-20(24(33)32(2)21(19)13-29-31-23)26(36-3)9-7-25(8-10-26)14-37(34,35)15-25/h4-6,11-13,16,22H,7-10,14-15H2,1-3H3,(H,30,31)/t16-/m1/s1. The molecule has 8 nitrogen and oxygen atoms in total. The molecule has 1 aromatic carbocycles. The van der Waals surface area contributed by atoms with E-state index >= 15 is 0 Å². The second kappa shape index (κ2) is 9.13. The minimum absolute atomic E-state index is 0.0591. The number of halogens is 2. The first-order chi connectivity index (χ1) is 17.5. The van der Waals surface area contributed by atoms with Gasteiger partial charge in [0.05, 0.1) is 34.9 Å². The van der Waals surface area contributed by atoms with Gasteiger partial charge in [0.25, 0.3) is 12.0 Å². The van der Waals surface area contributed by atoms with Gasteiger partial charge in [0.1, 0.15) is 0 Å². The SMILES string of the molecule is COC1(c2cc3c(N[C@H](C)c4cccc(C(F)F)c4)nncc3n(C)c2=O)CCC2(CC1)CS(=O)(=O)C2. The number of ether oxygens (including phenoxy) is 1. The molecule has 0 radical (unpaired) electrons. The number of rotatable bonds is 6. The van der Waals surface area contributed by atoms with Crippen LogP contribution in [0.1, 0.15) is 61.8 Å². The molecule has 5 rings (SSSR count). The van der Waals surface area contributed by atoms with E-state index in [1.807, 2.05) is 6.92 Å². The van der Waals surface area contributed by atoms with Crippen LogP contribution in [0.3, 0.4) is 0 Å². The Morgan fingerprint density at radius 1 is 1.11 bits per heavy atom. The molecule has 0 bridgehead atoms. The zero-order chi connectivity index (χ0) is 26.6. The number of methoxy groups -OCH3 is 1. The topological polar surface area (TPSA) is 103 Å². The zero-order valence-electron chi connectivity index (χ0n) is 21.0. The maximum atomic E-state index is 13.5. The van der Waals surface area contributed by atoms with Gasteiger partial charge in [-0.2, -0.15) is 5.10 Å². The molecule has 11 heteroatoms. The number of pyridine rings is 1. The van der Waals surface area contributed by atoms with Gasteiger partial charge >= 0.3 is 0 Å². The number of hydrogen-bond acceptors (Lipinski definition) is 7. The lowest BCUT2D eigenvalue weighted by Gasteiger charge is -2.49. The van der Waals surface area contributed by atoms with Gasteiger partial charge in [0.2, 0.25) is 0 Å². The number of fused-ring (bicyclic) bond motifs is 1. The summed E-state index contributed by atoms with van der Waals surface area (Å²) in [6.45, 7) is 1.85. The molecule has 1 aliphatic carbocycles. The van der Waals surface area contributed by atoms with Crippen molar-refractivity contribution in [3.63, 3.8) is 0 Å². The van der Waals surface area contributed by atoms with Crippen LogP contribution in [0.5, 0.6) is 0 Å². The summed E-state index contributed by atoms with van der Waals surface area (Å²) in [6, 6.07) is 7.64. The molecule has 2 fully saturated rings. The minimum Gasteiger partial charge on any atom is -0.373 e. The fourth-order valence-electron chi connectivity index (χ4n) is 5.92. The molecule has 0 amide bonds. The first-order valence-electron chi connectivity index (χ1n) is 12.2. The molecule has 3 aromatic rings.